The smallest absolute Gasteiger partial charge is 0.290 e. The van der Waals surface area contributed by atoms with Crippen molar-refractivity contribution >= 4 is 44.9 Å². The Balaban J connectivity index is 2.22. The maximum Gasteiger partial charge on any atom is 0.290 e. The zero-order valence-electron chi connectivity index (χ0n) is 7.45. The maximum atomic E-state index is 11.2. The van der Waals surface area contributed by atoms with Crippen molar-refractivity contribution in [2.24, 2.45) is 0 Å². The van der Waals surface area contributed by atoms with Gasteiger partial charge in [-0.3, -0.25) is 14.9 Å². The van der Waals surface area contributed by atoms with Crippen LogP contribution >= 0.6 is 27.7 Å². The summed E-state index contributed by atoms with van der Waals surface area (Å²) in [4.78, 5) is 22.4. The summed E-state index contributed by atoms with van der Waals surface area (Å²) in [5.41, 5.74) is 0. The zero-order chi connectivity index (χ0) is 10.8. The fourth-order valence-electron chi connectivity index (χ4n) is 1.09. The molecule has 0 atom stereocenters. The summed E-state index contributed by atoms with van der Waals surface area (Å²) in [5, 5.41) is 2.44. The monoisotopic (exact) mass is 287 g/mol. The predicted molar refractivity (Wildman–Crippen MR) is 60.4 cm³/mol. The highest BCUT2D eigenvalue weighted by molar-refractivity contribution is 9.08. The van der Waals surface area contributed by atoms with E-state index in [1.807, 2.05) is 0 Å². The SMILES string of the molecule is O=C1NC(=O)/C(=C/c2ccc(CBr)o2)S1. The quantitative estimate of drug-likeness (QED) is 0.671. The Labute approximate surface area is 98.2 Å². The van der Waals surface area contributed by atoms with Crippen LogP contribution in [0.3, 0.4) is 0 Å². The normalized spacial score (nSPS) is 18.6. The molecule has 1 aliphatic heterocycles. The van der Waals surface area contributed by atoms with Gasteiger partial charge < -0.3 is 4.42 Å². The van der Waals surface area contributed by atoms with Crippen LogP contribution in [-0.4, -0.2) is 11.1 Å². The minimum atomic E-state index is -0.373. The fraction of sp³-hybridized carbons (Fsp3) is 0.111. The fourth-order valence-corrected chi connectivity index (χ4v) is 2.06. The number of nitrogens with one attached hydrogen (secondary N) is 1. The number of halogens is 1. The third kappa shape index (κ3) is 2.32. The molecule has 0 bridgehead atoms. The van der Waals surface area contributed by atoms with Gasteiger partial charge in [-0.1, -0.05) is 15.9 Å². The molecule has 1 aromatic rings. The number of carbonyl (C=O) groups is 2. The lowest BCUT2D eigenvalue weighted by Gasteiger charge is -1.89. The van der Waals surface area contributed by atoms with Crippen molar-refractivity contribution in [3.05, 3.63) is 28.6 Å². The van der Waals surface area contributed by atoms with E-state index in [0.29, 0.717) is 16.0 Å². The lowest BCUT2D eigenvalue weighted by atomic mass is 10.4. The Morgan fingerprint density at radius 3 is 2.80 bits per heavy atom. The van der Waals surface area contributed by atoms with E-state index in [4.69, 9.17) is 4.42 Å². The van der Waals surface area contributed by atoms with Crippen LogP contribution in [0.1, 0.15) is 11.5 Å². The average molecular weight is 288 g/mol. The molecular formula is C9H6BrNO3S. The van der Waals surface area contributed by atoms with Crippen molar-refractivity contribution in [2.45, 2.75) is 5.33 Å². The first kappa shape index (κ1) is 10.5. The van der Waals surface area contributed by atoms with Crippen molar-refractivity contribution in [3.63, 3.8) is 0 Å². The Bertz CT molecular complexity index is 452. The van der Waals surface area contributed by atoms with Gasteiger partial charge in [0.15, 0.2) is 0 Å². The molecule has 2 amide bonds. The van der Waals surface area contributed by atoms with Crippen LogP contribution in [-0.2, 0) is 10.1 Å². The number of alkyl halides is 1. The second kappa shape index (κ2) is 4.24. The second-order valence-corrected chi connectivity index (χ2v) is 4.37. The summed E-state index contributed by atoms with van der Waals surface area (Å²) in [6.07, 6.45) is 1.55. The third-order valence-electron chi connectivity index (χ3n) is 1.73. The first-order chi connectivity index (χ1) is 7.19. The number of amides is 2. The molecule has 0 saturated carbocycles. The van der Waals surface area contributed by atoms with Crippen molar-refractivity contribution < 1.29 is 14.0 Å². The van der Waals surface area contributed by atoms with Crippen molar-refractivity contribution in [1.82, 2.24) is 5.32 Å². The maximum absolute atomic E-state index is 11.2. The van der Waals surface area contributed by atoms with E-state index in [-0.39, 0.29) is 11.1 Å². The molecule has 2 rings (SSSR count). The highest BCUT2D eigenvalue weighted by atomic mass is 79.9. The van der Waals surface area contributed by atoms with E-state index < -0.39 is 0 Å². The van der Waals surface area contributed by atoms with Crippen LogP contribution in [0.2, 0.25) is 0 Å². The number of rotatable bonds is 2. The number of imide groups is 1. The van der Waals surface area contributed by atoms with Crippen LogP contribution in [0.5, 0.6) is 0 Å². The summed E-state index contributed by atoms with van der Waals surface area (Å²) < 4.78 is 5.35. The molecule has 1 aliphatic rings. The molecule has 4 nitrogen and oxygen atoms in total. The standard InChI is InChI=1S/C9H6BrNO3S/c10-4-6-2-1-5(14-6)3-7-8(12)11-9(13)15-7/h1-3H,4H2,(H,11,12,13)/b7-3-. The molecule has 2 heterocycles. The van der Waals surface area contributed by atoms with Gasteiger partial charge in [-0.05, 0) is 23.9 Å². The van der Waals surface area contributed by atoms with Crippen LogP contribution in [0, 0.1) is 0 Å². The molecular weight excluding hydrogens is 282 g/mol. The lowest BCUT2D eigenvalue weighted by molar-refractivity contribution is -0.115. The Kier molecular flexibility index (Phi) is 2.97. The molecule has 1 N–H and O–H groups in total. The molecule has 1 aromatic heterocycles. The zero-order valence-corrected chi connectivity index (χ0v) is 9.85. The van der Waals surface area contributed by atoms with E-state index in [0.717, 1.165) is 17.5 Å². The van der Waals surface area contributed by atoms with E-state index in [1.165, 1.54) is 0 Å². The molecule has 78 valence electrons. The van der Waals surface area contributed by atoms with E-state index in [9.17, 15) is 9.59 Å². The molecule has 1 fully saturated rings. The summed E-state index contributed by atoms with van der Waals surface area (Å²) in [7, 11) is 0. The number of furan rings is 1. The summed E-state index contributed by atoms with van der Waals surface area (Å²) in [6.45, 7) is 0. The molecule has 15 heavy (non-hydrogen) atoms. The van der Waals surface area contributed by atoms with Gasteiger partial charge in [0.2, 0.25) is 0 Å². The summed E-state index contributed by atoms with van der Waals surface area (Å²) in [5.74, 6) is 0.968. The van der Waals surface area contributed by atoms with Gasteiger partial charge in [-0.25, -0.2) is 0 Å². The van der Waals surface area contributed by atoms with Gasteiger partial charge in [0.1, 0.15) is 11.5 Å². The summed E-state index contributed by atoms with van der Waals surface area (Å²) >= 11 is 4.13. The largest absolute Gasteiger partial charge is 0.461 e. The molecule has 6 heteroatoms. The first-order valence-corrected chi connectivity index (χ1v) is 6.02. The molecule has 0 unspecified atom stereocenters. The van der Waals surface area contributed by atoms with Gasteiger partial charge in [0.25, 0.3) is 11.1 Å². The number of thioether (sulfide) groups is 1. The van der Waals surface area contributed by atoms with Gasteiger partial charge in [-0.2, -0.15) is 0 Å². The number of hydrogen-bond acceptors (Lipinski definition) is 4. The van der Waals surface area contributed by atoms with E-state index >= 15 is 0 Å². The third-order valence-corrected chi connectivity index (χ3v) is 3.09. The summed E-state index contributed by atoms with van der Waals surface area (Å²) in [6, 6.07) is 3.56. The second-order valence-electron chi connectivity index (χ2n) is 2.79. The average Bonchev–Trinajstić information content (AvgIpc) is 2.75. The number of hydrogen-bond donors (Lipinski definition) is 1. The van der Waals surface area contributed by atoms with E-state index in [2.05, 4.69) is 21.2 Å². The minimum absolute atomic E-state index is 0.349. The minimum Gasteiger partial charge on any atom is -0.461 e. The highest BCUT2D eigenvalue weighted by Gasteiger charge is 2.25. The molecule has 0 aliphatic carbocycles. The molecule has 1 saturated heterocycles. The van der Waals surface area contributed by atoms with Crippen molar-refractivity contribution in [2.75, 3.05) is 0 Å². The van der Waals surface area contributed by atoms with Gasteiger partial charge in [0, 0.05) is 6.08 Å². The topological polar surface area (TPSA) is 59.3 Å². The van der Waals surface area contributed by atoms with Crippen LogP contribution in [0.25, 0.3) is 6.08 Å². The number of carbonyl (C=O) groups excluding carboxylic acids is 2. The lowest BCUT2D eigenvalue weighted by Crippen LogP contribution is -2.17. The van der Waals surface area contributed by atoms with Crippen LogP contribution in [0.15, 0.2) is 21.5 Å². The predicted octanol–water partition coefficient (Wildman–Crippen LogP) is 2.50. The Morgan fingerprint density at radius 2 is 2.27 bits per heavy atom. The Hall–Kier alpha value is -1.01. The molecule has 0 radical (unpaired) electrons. The highest BCUT2D eigenvalue weighted by Crippen LogP contribution is 2.26. The van der Waals surface area contributed by atoms with Crippen molar-refractivity contribution in [3.8, 4) is 0 Å². The van der Waals surface area contributed by atoms with Crippen LogP contribution < -0.4 is 5.32 Å². The first-order valence-electron chi connectivity index (χ1n) is 4.08. The van der Waals surface area contributed by atoms with Gasteiger partial charge in [0.05, 0.1) is 10.2 Å². The molecule has 0 aromatic carbocycles. The van der Waals surface area contributed by atoms with Gasteiger partial charge >= 0.3 is 0 Å². The van der Waals surface area contributed by atoms with Crippen molar-refractivity contribution in [1.29, 1.82) is 0 Å². The van der Waals surface area contributed by atoms with Crippen LogP contribution in [0.4, 0.5) is 4.79 Å². The Morgan fingerprint density at radius 1 is 1.47 bits per heavy atom. The van der Waals surface area contributed by atoms with E-state index in [1.54, 1.807) is 18.2 Å². The molecule has 0 spiro atoms. The van der Waals surface area contributed by atoms with Gasteiger partial charge in [-0.15, -0.1) is 0 Å².